The minimum atomic E-state index is 0.908. The summed E-state index contributed by atoms with van der Waals surface area (Å²) in [4.78, 5) is 2.36. The first-order valence-electron chi connectivity index (χ1n) is 20.1. The molecule has 0 aliphatic carbocycles. The molecule has 2 nitrogen and oxygen atoms in total. The summed E-state index contributed by atoms with van der Waals surface area (Å²) in [5.41, 5.74) is 12.3. The number of hydrogen-bond acceptors (Lipinski definition) is 3. The maximum Gasteiger partial charge on any atom is 0.136 e. The molecular formula is C56H35NOS. The SMILES string of the molecule is c1ccc(-c2ccc(N(c3ccc(-c4cc5ccccc5c5ccccc45)cc3)c3ccc(-c4cccc5oc6ccc7c8ccccc8sc7c6c45)cc3)cc2)cc1. The van der Waals surface area contributed by atoms with Crippen LogP contribution < -0.4 is 4.90 Å². The van der Waals surface area contributed by atoms with Gasteiger partial charge in [-0.15, -0.1) is 11.3 Å². The van der Waals surface area contributed by atoms with Crippen LogP contribution in [0.5, 0.6) is 0 Å². The first-order chi connectivity index (χ1) is 29.2. The standard InChI is InChI=1S/C56H35NOS/c1-2-11-36(12-3-1)37-21-27-41(28-22-37)57(43-31-25-39(26-32-43)50-35-40-13-4-5-14-44(40)46-15-6-7-16-47(46)50)42-29-23-38(24-30-42)45-18-10-19-51-54(45)55-52(58-51)34-33-49-48-17-8-9-20-53(48)59-56(49)55/h1-35H. The van der Waals surface area contributed by atoms with Gasteiger partial charge >= 0.3 is 0 Å². The van der Waals surface area contributed by atoms with Gasteiger partial charge in [-0.25, -0.2) is 0 Å². The van der Waals surface area contributed by atoms with Gasteiger partial charge in [-0.3, -0.25) is 0 Å². The average molecular weight is 770 g/mol. The summed E-state index contributed by atoms with van der Waals surface area (Å²) in [6.07, 6.45) is 0. The molecule has 0 aliphatic heterocycles. The zero-order chi connectivity index (χ0) is 38.9. The van der Waals surface area contributed by atoms with Crippen molar-refractivity contribution in [2.75, 3.05) is 4.90 Å². The van der Waals surface area contributed by atoms with Crippen LogP contribution >= 0.6 is 11.3 Å². The minimum absolute atomic E-state index is 0.908. The predicted octanol–water partition coefficient (Wildman–Crippen LogP) is 16.7. The van der Waals surface area contributed by atoms with Crippen LogP contribution in [0.2, 0.25) is 0 Å². The summed E-state index contributed by atoms with van der Waals surface area (Å²) < 4.78 is 9.09. The summed E-state index contributed by atoms with van der Waals surface area (Å²) in [7, 11) is 0. The van der Waals surface area contributed by atoms with Gasteiger partial charge in [0.05, 0.1) is 0 Å². The number of benzene rings is 10. The number of rotatable bonds is 6. The van der Waals surface area contributed by atoms with Gasteiger partial charge in [0.2, 0.25) is 0 Å². The summed E-state index contributed by atoms with van der Waals surface area (Å²) in [5, 5.41) is 9.99. The second kappa shape index (κ2) is 13.6. The Balaban J connectivity index is 0.977. The summed E-state index contributed by atoms with van der Waals surface area (Å²) in [6, 6.07) is 76.8. The van der Waals surface area contributed by atoms with Gasteiger partial charge in [0, 0.05) is 48.0 Å². The van der Waals surface area contributed by atoms with Crippen LogP contribution in [0.3, 0.4) is 0 Å². The van der Waals surface area contributed by atoms with E-state index < -0.39 is 0 Å². The van der Waals surface area contributed by atoms with Gasteiger partial charge in [0.1, 0.15) is 11.2 Å². The monoisotopic (exact) mass is 769 g/mol. The third kappa shape index (κ3) is 5.55. The molecule has 10 aromatic carbocycles. The molecular weight excluding hydrogens is 735 g/mol. The minimum Gasteiger partial charge on any atom is -0.456 e. The Hall–Kier alpha value is -7.46. The molecule has 0 saturated carbocycles. The Labute approximate surface area is 345 Å². The van der Waals surface area contributed by atoms with Crippen LogP contribution in [0.25, 0.3) is 97.0 Å². The molecule has 276 valence electrons. The fraction of sp³-hybridized carbons (Fsp3) is 0. The Morgan fingerprint density at radius 1 is 0.339 bits per heavy atom. The molecule has 0 aliphatic rings. The highest BCUT2D eigenvalue weighted by Crippen LogP contribution is 2.46. The van der Waals surface area contributed by atoms with Crippen molar-refractivity contribution in [1.82, 2.24) is 0 Å². The first-order valence-corrected chi connectivity index (χ1v) is 20.9. The number of furan rings is 1. The number of fused-ring (bicyclic) bond motifs is 10. The molecule has 59 heavy (non-hydrogen) atoms. The highest BCUT2D eigenvalue weighted by atomic mass is 32.1. The molecule has 12 rings (SSSR count). The van der Waals surface area contributed by atoms with E-state index in [0.717, 1.165) is 39.2 Å². The molecule has 2 aromatic heterocycles. The Kier molecular flexibility index (Phi) is 7.75. The third-order valence-corrected chi connectivity index (χ3v) is 13.1. The number of anilines is 3. The lowest BCUT2D eigenvalue weighted by molar-refractivity contribution is 0.669. The number of nitrogens with zero attached hydrogens (tertiary/aromatic N) is 1. The van der Waals surface area contributed by atoms with Gasteiger partial charge in [-0.05, 0) is 122 Å². The molecule has 0 unspecified atom stereocenters. The largest absolute Gasteiger partial charge is 0.456 e. The number of hydrogen-bond donors (Lipinski definition) is 0. The predicted molar refractivity (Wildman–Crippen MR) is 253 cm³/mol. The van der Waals surface area contributed by atoms with Crippen molar-refractivity contribution in [2.45, 2.75) is 0 Å². The topological polar surface area (TPSA) is 16.4 Å². The van der Waals surface area contributed by atoms with Crippen LogP contribution in [-0.4, -0.2) is 0 Å². The van der Waals surface area contributed by atoms with Crippen molar-refractivity contribution in [3.05, 3.63) is 212 Å². The molecule has 12 aromatic rings. The van der Waals surface area contributed by atoms with Gasteiger partial charge in [0.15, 0.2) is 0 Å². The second-order valence-electron chi connectivity index (χ2n) is 15.2. The van der Waals surface area contributed by atoms with E-state index in [1.165, 1.54) is 74.9 Å². The van der Waals surface area contributed by atoms with E-state index in [0.29, 0.717) is 0 Å². The Bertz CT molecular complexity index is 3530. The maximum atomic E-state index is 6.52. The summed E-state index contributed by atoms with van der Waals surface area (Å²) in [6.45, 7) is 0. The van der Waals surface area contributed by atoms with E-state index >= 15 is 0 Å². The summed E-state index contributed by atoms with van der Waals surface area (Å²) >= 11 is 1.85. The second-order valence-corrected chi connectivity index (χ2v) is 16.3. The molecule has 0 N–H and O–H groups in total. The molecule has 0 atom stereocenters. The third-order valence-electron chi connectivity index (χ3n) is 11.9. The van der Waals surface area contributed by atoms with Crippen LogP contribution in [0.4, 0.5) is 17.1 Å². The summed E-state index contributed by atoms with van der Waals surface area (Å²) in [5.74, 6) is 0. The van der Waals surface area contributed by atoms with Crippen LogP contribution in [0, 0.1) is 0 Å². The molecule has 0 amide bonds. The fourth-order valence-corrected chi connectivity index (χ4v) is 10.3. The van der Waals surface area contributed by atoms with E-state index in [9.17, 15) is 0 Å². The zero-order valence-electron chi connectivity index (χ0n) is 32.0. The van der Waals surface area contributed by atoms with E-state index in [2.05, 4.69) is 217 Å². The van der Waals surface area contributed by atoms with Gasteiger partial charge in [0.25, 0.3) is 0 Å². The van der Waals surface area contributed by atoms with Crippen molar-refractivity contribution < 1.29 is 4.42 Å². The van der Waals surface area contributed by atoms with Crippen molar-refractivity contribution in [3.63, 3.8) is 0 Å². The highest BCUT2D eigenvalue weighted by Gasteiger charge is 2.19. The normalized spacial score (nSPS) is 11.7. The van der Waals surface area contributed by atoms with Crippen molar-refractivity contribution >= 4 is 92.1 Å². The zero-order valence-corrected chi connectivity index (χ0v) is 32.8. The van der Waals surface area contributed by atoms with Gasteiger partial charge < -0.3 is 9.32 Å². The van der Waals surface area contributed by atoms with Crippen molar-refractivity contribution in [3.8, 4) is 33.4 Å². The first kappa shape index (κ1) is 33.7. The smallest absolute Gasteiger partial charge is 0.136 e. The fourth-order valence-electron chi connectivity index (χ4n) is 9.08. The Morgan fingerprint density at radius 3 is 1.63 bits per heavy atom. The molecule has 0 bridgehead atoms. The molecule has 0 spiro atoms. The lowest BCUT2D eigenvalue weighted by Crippen LogP contribution is -2.09. The van der Waals surface area contributed by atoms with Crippen LogP contribution in [0.1, 0.15) is 0 Å². The van der Waals surface area contributed by atoms with E-state index in [1.54, 1.807) is 0 Å². The lowest BCUT2D eigenvalue weighted by Gasteiger charge is -2.26. The van der Waals surface area contributed by atoms with Crippen molar-refractivity contribution in [2.24, 2.45) is 0 Å². The molecule has 3 heteroatoms. The van der Waals surface area contributed by atoms with E-state index in [1.807, 2.05) is 11.3 Å². The van der Waals surface area contributed by atoms with Crippen LogP contribution in [0.15, 0.2) is 217 Å². The molecule has 2 heterocycles. The van der Waals surface area contributed by atoms with Gasteiger partial charge in [-0.2, -0.15) is 0 Å². The van der Waals surface area contributed by atoms with E-state index in [4.69, 9.17) is 4.42 Å². The van der Waals surface area contributed by atoms with E-state index in [-0.39, 0.29) is 0 Å². The van der Waals surface area contributed by atoms with Crippen molar-refractivity contribution in [1.29, 1.82) is 0 Å². The molecule has 0 saturated heterocycles. The molecule has 0 fully saturated rings. The molecule has 0 radical (unpaired) electrons. The Morgan fingerprint density at radius 2 is 0.898 bits per heavy atom. The lowest BCUT2D eigenvalue weighted by atomic mass is 9.93. The number of thiophene rings is 1. The highest BCUT2D eigenvalue weighted by molar-refractivity contribution is 7.26. The van der Waals surface area contributed by atoms with Crippen LogP contribution in [-0.2, 0) is 0 Å². The van der Waals surface area contributed by atoms with Gasteiger partial charge in [-0.1, -0.05) is 146 Å². The maximum absolute atomic E-state index is 6.52. The quantitative estimate of drug-likeness (QED) is 0.157. The average Bonchev–Trinajstić information content (AvgIpc) is 3.89.